The van der Waals surface area contributed by atoms with E-state index in [2.05, 4.69) is 5.32 Å². The standard InChI is InChI=1S/C20H24N2O3S2/c1-14(2)20(23)21-17-13-16(10-11-19(17)26-3)27(24,25)22-12-6-8-15-7-4-5-9-18(15)22/h4-5,7,9-11,13-14H,6,8,12H2,1-3H3,(H,21,23). The average molecular weight is 405 g/mol. The van der Waals surface area contributed by atoms with Gasteiger partial charge in [0, 0.05) is 17.4 Å². The zero-order chi connectivity index (χ0) is 19.6. The molecule has 144 valence electrons. The number of nitrogens with zero attached hydrogens (tertiary/aromatic N) is 1. The van der Waals surface area contributed by atoms with E-state index >= 15 is 0 Å². The Kier molecular flexibility index (Phi) is 5.81. The predicted octanol–water partition coefficient (Wildman–Crippen LogP) is 4.14. The van der Waals surface area contributed by atoms with Gasteiger partial charge in [-0.2, -0.15) is 0 Å². The Morgan fingerprint density at radius 1 is 1.19 bits per heavy atom. The van der Waals surface area contributed by atoms with Crippen LogP contribution >= 0.6 is 11.8 Å². The first-order valence-electron chi connectivity index (χ1n) is 8.94. The molecule has 0 fully saturated rings. The van der Waals surface area contributed by atoms with Crippen LogP contribution in [-0.4, -0.2) is 27.1 Å². The van der Waals surface area contributed by atoms with Gasteiger partial charge in [0.2, 0.25) is 5.91 Å². The minimum absolute atomic E-state index is 0.136. The van der Waals surface area contributed by atoms with Crippen molar-refractivity contribution in [2.75, 3.05) is 22.4 Å². The average Bonchev–Trinajstić information content (AvgIpc) is 2.67. The van der Waals surface area contributed by atoms with Crippen molar-refractivity contribution in [2.24, 2.45) is 5.92 Å². The van der Waals surface area contributed by atoms with E-state index in [4.69, 9.17) is 0 Å². The van der Waals surface area contributed by atoms with Gasteiger partial charge in [0.25, 0.3) is 10.0 Å². The molecule has 5 nitrogen and oxygen atoms in total. The highest BCUT2D eigenvalue weighted by molar-refractivity contribution is 7.98. The monoisotopic (exact) mass is 404 g/mol. The van der Waals surface area contributed by atoms with Crippen LogP contribution in [0.25, 0.3) is 0 Å². The number of amides is 1. The second-order valence-corrected chi connectivity index (χ2v) is 9.53. The van der Waals surface area contributed by atoms with E-state index < -0.39 is 10.0 Å². The largest absolute Gasteiger partial charge is 0.325 e. The highest BCUT2D eigenvalue weighted by atomic mass is 32.2. The van der Waals surface area contributed by atoms with Crippen LogP contribution in [0.1, 0.15) is 25.8 Å². The van der Waals surface area contributed by atoms with Crippen molar-refractivity contribution < 1.29 is 13.2 Å². The smallest absolute Gasteiger partial charge is 0.264 e. The Hall–Kier alpha value is -1.99. The summed E-state index contributed by atoms with van der Waals surface area (Å²) in [6, 6.07) is 12.6. The van der Waals surface area contributed by atoms with E-state index in [0.29, 0.717) is 12.2 Å². The summed E-state index contributed by atoms with van der Waals surface area (Å²) in [6.07, 6.45) is 3.56. The van der Waals surface area contributed by atoms with Gasteiger partial charge in [-0.3, -0.25) is 9.10 Å². The third kappa shape index (κ3) is 3.99. The Morgan fingerprint density at radius 3 is 2.63 bits per heavy atom. The zero-order valence-corrected chi connectivity index (χ0v) is 17.4. The molecule has 1 aliphatic rings. The molecule has 1 amide bonds. The predicted molar refractivity (Wildman–Crippen MR) is 111 cm³/mol. The Labute approximate surface area is 165 Å². The normalized spacial score (nSPS) is 14.1. The van der Waals surface area contributed by atoms with Crippen molar-refractivity contribution in [3.63, 3.8) is 0 Å². The number of anilines is 2. The minimum atomic E-state index is -3.71. The Balaban J connectivity index is 2.02. The van der Waals surface area contributed by atoms with Gasteiger partial charge in [0.1, 0.15) is 0 Å². The number of nitrogens with one attached hydrogen (secondary N) is 1. The molecular weight excluding hydrogens is 380 g/mol. The van der Waals surface area contributed by atoms with E-state index in [0.717, 1.165) is 29.0 Å². The summed E-state index contributed by atoms with van der Waals surface area (Å²) in [5.41, 5.74) is 2.32. The van der Waals surface area contributed by atoms with Gasteiger partial charge in [0.05, 0.1) is 16.3 Å². The molecule has 3 rings (SSSR count). The molecule has 0 atom stereocenters. The summed E-state index contributed by atoms with van der Waals surface area (Å²) in [4.78, 5) is 13.2. The molecule has 0 aromatic heterocycles. The van der Waals surface area contributed by atoms with E-state index in [-0.39, 0.29) is 16.7 Å². The highest BCUT2D eigenvalue weighted by Gasteiger charge is 2.29. The van der Waals surface area contributed by atoms with Crippen molar-refractivity contribution in [3.8, 4) is 0 Å². The number of aryl methyl sites for hydroxylation is 1. The third-order valence-electron chi connectivity index (χ3n) is 4.61. The van der Waals surface area contributed by atoms with Crippen LogP contribution in [0.5, 0.6) is 0 Å². The van der Waals surface area contributed by atoms with Crippen LogP contribution < -0.4 is 9.62 Å². The molecule has 0 radical (unpaired) electrons. The van der Waals surface area contributed by atoms with Crippen LogP contribution in [0.3, 0.4) is 0 Å². The van der Waals surface area contributed by atoms with Gasteiger partial charge in [-0.05, 0) is 48.9 Å². The molecule has 1 aliphatic heterocycles. The van der Waals surface area contributed by atoms with Crippen LogP contribution in [0.15, 0.2) is 52.3 Å². The Bertz CT molecular complexity index is 955. The molecule has 0 aliphatic carbocycles. The molecule has 1 heterocycles. The van der Waals surface area contributed by atoms with Gasteiger partial charge < -0.3 is 5.32 Å². The molecule has 0 spiro atoms. The Morgan fingerprint density at radius 2 is 1.93 bits per heavy atom. The third-order valence-corrected chi connectivity index (χ3v) is 7.21. The highest BCUT2D eigenvalue weighted by Crippen LogP contribution is 2.34. The number of benzene rings is 2. The van der Waals surface area contributed by atoms with Gasteiger partial charge in [0.15, 0.2) is 0 Å². The number of para-hydroxylation sites is 1. The minimum Gasteiger partial charge on any atom is -0.325 e. The van der Waals surface area contributed by atoms with E-state index in [9.17, 15) is 13.2 Å². The van der Waals surface area contributed by atoms with Gasteiger partial charge in [-0.15, -0.1) is 11.8 Å². The summed E-state index contributed by atoms with van der Waals surface area (Å²) in [7, 11) is -3.71. The lowest BCUT2D eigenvalue weighted by Gasteiger charge is -2.30. The molecule has 0 saturated carbocycles. The molecule has 27 heavy (non-hydrogen) atoms. The van der Waals surface area contributed by atoms with Crippen LogP contribution in [-0.2, 0) is 21.2 Å². The van der Waals surface area contributed by atoms with E-state index in [1.165, 1.54) is 16.1 Å². The number of hydrogen-bond acceptors (Lipinski definition) is 4. The SMILES string of the molecule is CSc1ccc(S(=O)(=O)N2CCCc3ccccc32)cc1NC(=O)C(C)C. The van der Waals surface area contributed by atoms with Crippen molar-refractivity contribution in [3.05, 3.63) is 48.0 Å². The van der Waals surface area contributed by atoms with Crippen LogP contribution in [0.2, 0.25) is 0 Å². The molecule has 2 aromatic rings. The first-order chi connectivity index (χ1) is 12.8. The summed E-state index contributed by atoms with van der Waals surface area (Å²) in [6.45, 7) is 4.07. The van der Waals surface area contributed by atoms with Gasteiger partial charge in [-0.1, -0.05) is 32.0 Å². The molecule has 2 aromatic carbocycles. The van der Waals surface area contributed by atoms with Crippen LogP contribution in [0.4, 0.5) is 11.4 Å². The first kappa shape index (κ1) is 19.8. The molecule has 1 N–H and O–H groups in total. The van der Waals surface area contributed by atoms with Crippen molar-refractivity contribution in [1.29, 1.82) is 0 Å². The molecule has 7 heteroatoms. The number of rotatable bonds is 5. The summed E-state index contributed by atoms with van der Waals surface area (Å²) >= 11 is 1.47. The lowest BCUT2D eigenvalue weighted by Crippen LogP contribution is -2.35. The second kappa shape index (κ2) is 7.94. The topological polar surface area (TPSA) is 66.5 Å². The molecule has 0 saturated heterocycles. The lowest BCUT2D eigenvalue weighted by molar-refractivity contribution is -0.118. The first-order valence-corrected chi connectivity index (χ1v) is 11.6. The summed E-state index contributed by atoms with van der Waals surface area (Å²) in [5.74, 6) is -0.322. The maximum Gasteiger partial charge on any atom is 0.264 e. The fourth-order valence-electron chi connectivity index (χ4n) is 3.10. The van der Waals surface area contributed by atoms with Gasteiger partial charge >= 0.3 is 0 Å². The fourth-order valence-corrected chi connectivity index (χ4v) is 5.20. The number of sulfonamides is 1. The van der Waals surface area contributed by atoms with Crippen molar-refractivity contribution in [1.82, 2.24) is 0 Å². The number of carbonyl (C=O) groups is 1. The second-order valence-electron chi connectivity index (χ2n) is 6.82. The maximum atomic E-state index is 13.3. The summed E-state index contributed by atoms with van der Waals surface area (Å²) in [5, 5.41) is 2.85. The molecule has 0 bridgehead atoms. The fraction of sp³-hybridized carbons (Fsp3) is 0.350. The van der Waals surface area contributed by atoms with E-state index in [1.54, 1.807) is 32.0 Å². The van der Waals surface area contributed by atoms with Gasteiger partial charge in [-0.25, -0.2) is 8.42 Å². The summed E-state index contributed by atoms with van der Waals surface area (Å²) < 4.78 is 28.1. The zero-order valence-electron chi connectivity index (χ0n) is 15.7. The van der Waals surface area contributed by atoms with E-state index in [1.807, 2.05) is 30.5 Å². The molecular formula is C20H24N2O3S2. The number of thioether (sulfide) groups is 1. The lowest BCUT2D eigenvalue weighted by atomic mass is 10.0. The number of hydrogen-bond donors (Lipinski definition) is 1. The molecule has 0 unspecified atom stereocenters. The quantitative estimate of drug-likeness (QED) is 0.761. The maximum absolute atomic E-state index is 13.3. The van der Waals surface area contributed by atoms with Crippen LogP contribution in [0, 0.1) is 5.92 Å². The van der Waals surface area contributed by atoms with Crippen molar-refractivity contribution in [2.45, 2.75) is 36.5 Å². The number of fused-ring (bicyclic) bond motifs is 1. The van der Waals surface area contributed by atoms with Crippen molar-refractivity contribution >= 4 is 39.1 Å². The number of carbonyl (C=O) groups excluding carboxylic acids is 1.